The first-order valence-electron chi connectivity index (χ1n) is 10.1. The number of carbonyl (C=O) groups excluding carboxylic acids is 2. The van der Waals surface area contributed by atoms with Gasteiger partial charge in [0.1, 0.15) is 5.69 Å². The van der Waals surface area contributed by atoms with Crippen LogP contribution in [0.1, 0.15) is 44.3 Å². The van der Waals surface area contributed by atoms with Crippen LogP contribution in [0.25, 0.3) is 11.3 Å². The minimum absolute atomic E-state index is 0.0705. The average Bonchev–Trinajstić information content (AvgIpc) is 3.28. The standard InChI is InChI=1S/C22H27N3O3/c1-24(14-18-12-19(23-28-18)17-8-4-2-5-9-17)21(27)15-25-16-22(13-20(25)26)10-6-3-7-11-22/h2,4-5,8-9,12H,3,6-7,10-11,13-16H2,1H3. The molecule has 1 spiro atoms. The third-order valence-corrected chi connectivity index (χ3v) is 6.09. The van der Waals surface area contributed by atoms with Crippen molar-refractivity contribution in [2.45, 2.75) is 45.1 Å². The van der Waals surface area contributed by atoms with Crippen molar-refractivity contribution in [1.29, 1.82) is 0 Å². The highest BCUT2D eigenvalue weighted by Gasteiger charge is 2.44. The molecule has 0 N–H and O–H groups in total. The van der Waals surface area contributed by atoms with Gasteiger partial charge in [0, 0.05) is 31.6 Å². The van der Waals surface area contributed by atoms with Crippen molar-refractivity contribution >= 4 is 11.8 Å². The van der Waals surface area contributed by atoms with E-state index >= 15 is 0 Å². The lowest BCUT2D eigenvalue weighted by Crippen LogP contribution is -2.39. The smallest absolute Gasteiger partial charge is 0.242 e. The number of likely N-dealkylation sites (tertiary alicyclic amines) is 1. The number of aromatic nitrogens is 1. The number of amides is 2. The summed E-state index contributed by atoms with van der Waals surface area (Å²) in [7, 11) is 1.74. The van der Waals surface area contributed by atoms with Crippen molar-refractivity contribution in [1.82, 2.24) is 15.0 Å². The number of nitrogens with zero attached hydrogens (tertiary/aromatic N) is 3. The molecular formula is C22H27N3O3. The van der Waals surface area contributed by atoms with Crippen LogP contribution >= 0.6 is 0 Å². The average molecular weight is 381 g/mol. The van der Waals surface area contributed by atoms with Crippen LogP contribution in [0.4, 0.5) is 0 Å². The van der Waals surface area contributed by atoms with Crippen molar-refractivity contribution in [3.63, 3.8) is 0 Å². The van der Waals surface area contributed by atoms with Crippen molar-refractivity contribution < 1.29 is 14.1 Å². The molecule has 0 atom stereocenters. The molecule has 148 valence electrons. The second-order valence-electron chi connectivity index (χ2n) is 8.28. The molecule has 0 radical (unpaired) electrons. The largest absolute Gasteiger partial charge is 0.359 e. The molecule has 1 aliphatic carbocycles. The molecule has 1 saturated heterocycles. The Morgan fingerprint density at radius 2 is 1.96 bits per heavy atom. The topological polar surface area (TPSA) is 66.7 Å². The molecule has 0 unspecified atom stereocenters. The summed E-state index contributed by atoms with van der Waals surface area (Å²) in [5.41, 5.74) is 1.85. The van der Waals surface area contributed by atoms with E-state index in [0.29, 0.717) is 18.7 Å². The molecule has 6 nitrogen and oxygen atoms in total. The summed E-state index contributed by atoms with van der Waals surface area (Å²) in [5.74, 6) is 0.680. The van der Waals surface area contributed by atoms with E-state index in [2.05, 4.69) is 5.16 Å². The SMILES string of the molecule is CN(Cc1cc(-c2ccccc2)no1)C(=O)CN1CC2(CCCCC2)CC1=O. The fourth-order valence-corrected chi connectivity index (χ4v) is 4.50. The van der Waals surface area contributed by atoms with E-state index in [1.54, 1.807) is 16.8 Å². The van der Waals surface area contributed by atoms with Gasteiger partial charge < -0.3 is 14.3 Å². The Bertz CT molecular complexity index is 840. The number of rotatable bonds is 5. The van der Waals surface area contributed by atoms with Crippen molar-refractivity contribution in [2.75, 3.05) is 20.1 Å². The monoisotopic (exact) mass is 381 g/mol. The van der Waals surface area contributed by atoms with Gasteiger partial charge in [-0.25, -0.2) is 0 Å². The predicted molar refractivity (Wildman–Crippen MR) is 105 cm³/mol. The van der Waals surface area contributed by atoms with Crippen LogP contribution in [-0.4, -0.2) is 46.9 Å². The number of hydrogen-bond donors (Lipinski definition) is 0. The summed E-state index contributed by atoms with van der Waals surface area (Å²) >= 11 is 0. The summed E-state index contributed by atoms with van der Waals surface area (Å²) in [6.07, 6.45) is 6.49. The zero-order valence-electron chi connectivity index (χ0n) is 16.4. The predicted octanol–water partition coefficient (Wildman–Crippen LogP) is 3.48. The highest BCUT2D eigenvalue weighted by Crippen LogP contribution is 2.44. The summed E-state index contributed by atoms with van der Waals surface area (Å²) in [5, 5.41) is 4.09. The number of benzene rings is 1. The lowest BCUT2D eigenvalue weighted by molar-refractivity contribution is -0.138. The van der Waals surface area contributed by atoms with Crippen LogP contribution in [0.5, 0.6) is 0 Å². The van der Waals surface area contributed by atoms with E-state index in [0.717, 1.165) is 30.6 Å². The molecule has 4 rings (SSSR count). The molecule has 0 bridgehead atoms. The van der Waals surface area contributed by atoms with Crippen LogP contribution in [-0.2, 0) is 16.1 Å². The quantitative estimate of drug-likeness (QED) is 0.795. The van der Waals surface area contributed by atoms with Crippen LogP contribution in [0.15, 0.2) is 40.9 Å². The molecule has 6 heteroatoms. The molecule has 1 saturated carbocycles. The third kappa shape index (κ3) is 3.96. The van der Waals surface area contributed by atoms with E-state index in [9.17, 15) is 9.59 Å². The molecule has 2 aromatic rings. The summed E-state index contributed by atoms with van der Waals surface area (Å²) in [6.45, 7) is 1.22. The molecule has 28 heavy (non-hydrogen) atoms. The fraction of sp³-hybridized carbons (Fsp3) is 0.500. The Morgan fingerprint density at radius 3 is 2.71 bits per heavy atom. The first-order valence-corrected chi connectivity index (χ1v) is 10.1. The first-order chi connectivity index (χ1) is 13.5. The summed E-state index contributed by atoms with van der Waals surface area (Å²) in [4.78, 5) is 28.5. The van der Waals surface area contributed by atoms with Crippen LogP contribution in [0.2, 0.25) is 0 Å². The molecule has 2 heterocycles. The van der Waals surface area contributed by atoms with E-state index in [1.165, 1.54) is 19.3 Å². The number of carbonyl (C=O) groups is 2. The van der Waals surface area contributed by atoms with Crippen LogP contribution in [0.3, 0.4) is 0 Å². The lowest BCUT2D eigenvalue weighted by atomic mass is 9.73. The Balaban J connectivity index is 1.34. The van der Waals surface area contributed by atoms with Gasteiger partial charge in [0.05, 0.1) is 13.1 Å². The molecule has 2 aliphatic rings. The normalized spacial score (nSPS) is 18.6. The van der Waals surface area contributed by atoms with E-state index in [4.69, 9.17) is 4.52 Å². The minimum Gasteiger partial charge on any atom is -0.359 e. The van der Waals surface area contributed by atoms with Gasteiger partial charge in [-0.15, -0.1) is 0 Å². The van der Waals surface area contributed by atoms with Gasteiger partial charge >= 0.3 is 0 Å². The highest BCUT2D eigenvalue weighted by molar-refractivity contribution is 5.86. The van der Waals surface area contributed by atoms with Crippen molar-refractivity contribution in [3.8, 4) is 11.3 Å². The molecule has 1 aromatic heterocycles. The van der Waals surface area contributed by atoms with Gasteiger partial charge in [-0.2, -0.15) is 0 Å². The minimum atomic E-state index is -0.0705. The molecule has 2 amide bonds. The van der Waals surface area contributed by atoms with Crippen LogP contribution < -0.4 is 0 Å². The second kappa shape index (κ2) is 7.78. The van der Waals surface area contributed by atoms with Gasteiger partial charge in [-0.3, -0.25) is 9.59 Å². The maximum absolute atomic E-state index is 12.7. The second-order valence-corrected chi connectivity index (χ2v) is 8.28. The Labute approximate surface area is 165 Å². The van der Waals surface area contributed by atoms with Crippen molar-refractivity contribution in [2.24, 2.45) is 5.41 Å². The highest BCUT2D eigenvalue weighted by atomic mass is 16.5. The van der Waals surface area contributed by atoms with Gasteiger partial charge in [0.2, 0.25) is 11.8 Å². The Hall–Kier alpha value is -2.63. The number of hydrogen-bond acceptors (Lipinski definition) is 4. The molecule has 2 fully saturated rings. The number of likely N-dealkylation sites (N-methyl/N-ethyl adjacent to an activating group) is 1. The molecule has 1 aliphatic heterocycles. The van der Waals surface area contributed by atoms with Crippen molar-refractivity contribution in [3.05, 3.63) is 42.2 Å². The van der Waals surface area contributed by atoms with Gasteiger partial charge in [-0.05, 0) is 18.3 Å². The van der Waals surface area contributed by atoms with Gasteiger partial charge in [-0.1, -0.05) is 54.8 Å². The van der Waals surface area contributed by atoms with E-state index in [1.807, 2.05) is 36.4 Å². The van der Waals surface area contributed by atoms with E-state index in [-0.39, 0.29) is 23.8 Å². The maximum atomic E-state index is 12.7. The lowest BCUT2D eigenvalue weighted by Gasteiger charge is -2.32. The summed E-state index contributed by atoms with van der Waals surface area (Å²) < 4.78 is 5.40. The Kier molecular flexibility index (Phi) is 5.20. The zero-order valence-corrected chi connectivity index (χ0v) is 16.4. The fourth-order valence-electron chi connectivity index (χ4n) is 4.50. The first kappa shape index (κ1) is 18.7. The molecular weight excluding hydrogens is 354 g/mol. The zero-order chi connectivity index (χ0) is 19.6. The molecule has 1 aromatic carbocycles. The van der Waals surface area contributed by atoms with E-state index < -0.39 is 0 Å². The third-order valence-electron chi connectivity index (χ3n) is 6.09. The van der Waals surface area contributed by atoms with Crippen LogP contribution in [0, 0.1) is 5.41 Å². The van der Waals surface area contributed by atoms with Gasteiger partial charge in [0.15, 0.2) is 5.76 Å². The maximum Gasteiger partial charge on any atom is 0.242 e. The van der Waals surface area contributed by atoms with Gasteiger partial charge in [0.25, 0.3) is 0 Å². The Morgan fingerprint density at radius 1 is 1.21 bits per heavy atom. The summed E-state index contributed by atoms with van der Waals surface area (Å²) in [6, 6.07) is 11.6.